The van der Waals surface area contributed by atoms with Crippen molar-refractivity contribution in [1.82, 2.24) is 0 Å². The summed E-state index contributed by atoms with van der Waals surface area (Å²) in [6, 6.07) is 0. The number of rotatable bonds is 6. The lowest BCUT2D eigenvalue weighted by atomic mass is 9.92. The molecule has 118 valence electrons. The van der Waals surface area contributed by atoms with Crippen LogP contribution in [0.25, 0.3) is 0 Å². The van der Waals surface area contributed by atoms with Crippen LogP contribution >= 0.6 is 11.6 Å². The van der Waals surface area contributed by atoms with Crippen LogP contribution < -0.4 is 11.5 Å². The molecule has 0 aliphatic heterocycles. The summed E-state index contributed by atoms with van der Waals surface area (Å²) in [6.07, 6.45) is -0.689. The Morgan fingerprint density at radius 2 is 1.27 bits per heavy atom. The van der Waals surface area contributed by atoms with E-state index in [0.29, 0.717) is 0 Å². The fourth-order valence-corrected chi connectivity index (χ4v) is 2.45. The number of carbonyl (C=O) groups excluding carboxylic acids is 4. The van der Waals surface area contributed by atoms with E-state index in [1.165, 1.54) is 20.8 Å². The highest BCUT2D eigenvalue weighted by Gasteiger charge is 2.26. The van der Waals surface area contributed by atoms with Crippen LogP contribution in [0.3, 0.4) is 0 Å². The van der Waals surface area contributed by atoms with Crippen LogP contribution in [-0.2, 0) is 9.59 Å². The number of hydrogen-bond acceptors (Lipinski definition) is 6. The standard InChI is InChI=1S/C15H17ClN2O4/c1-6(19)4-9(21)11-8(3)14(17)12(13(16)15(11)18)10(22)5-7(2)20/h4-5,17-18H2,1-3H3. The third kappa shape index (κ3) is 3.51. The molecular formula is C15H17ClN2O4. The molecule has 0 saturated carbocycles. The van der Waals surface area contributed by atoms with Gasteiger partial charge in [0.25, 0.3) is 0 Å². The SMILES string of the molecule is CC(=O)CC(=O)c1c(C)c(N)c(C(=O)CC(C)=O)c(Cl)c1N. The van der Waals surface area contributed by atoms with E-state index in [-0.39, 0.29) is 57.5 Å². The number of halogens is 1. The van der Waals surface area contributed by atoms with Gasteiger partial charge in [-0.25, -0.2) is 0 Å². The first-order chi connectivity index (χ1) is 10.1. The molecule has 0 amide bonds. The zero-order valence-electron chi connectivity index (χ0n) is 12.6. The van der Waals surface area contributed by atoms with Crippen LogP contribution in [0.15, 0.2) is 0 Å². The van der Waals surface area contributed by atoms with Crippen molar-refractivity contribution in [2.45, 2.75) is 33.6 Å². The molecule has 1 rings (SSSR count). The van der Waals surface area contributed by atoms with E-state index < -0.39 is 11.6 Å². The molecule has 0 fully saturated rings. The van der Waals surface area contributed by atoms with E-state index in [4.69, 9.17) is 23.1 Å². The van der Waals surface area contributed by atoms with Gasteiger partial charge in [0.05, 0.1) is 29.1 Å². The molecule has 0 bridgehead atoms. The second-order valence-corrected chi connectivity index (χ2v) is 5.50. The van der Waals surface area contributed by atoms with E-state index >= 15 is 0 Å². The van der Waals surface area contributed by atoms with Gasteiger partial charge in [-0.2, -0.15) is 0 Å². The topological polar surface area (TPSA) is 120 Å². The lowest BCUT2D eigenvalue weighted by molar-refractivity contribution is -0.117. The van der Waals surface area contributed by atoms with Crippen LogP contribution in [-0.4, -0.2) is 23.1 Å². The average molecular weight is 325 g/mol. The molecule has 7 heteroatoms. The van der Waals surface area contributed by atoms with E-state index in [0.717, 1.165) is 0 Å². The first-order valence-corrected chi connectivity index (χ1v) is 6.88. The second kappa shape index (κ2) is 6.70. The quantitative estimate of drug-likeness (QED) is 0.470. The summed E-state index contributed by atoms with van der Waals surface area (Å²) in [6.45, 7) is 4.06. The van der Waals surface area contributed by atoms with Crippen LogP contribution in [0.2, 0.25) is 5.02 Å². The molecule has 22 heavy (non-hydrogen) atoms. The number of anilines is 2. The number of nitrogens with two attached hydrogens (primary N) is 2. The highest BCUT2D eigenvalue weighted by Crippen LogP contribution is 2.37. The number of ketones is 4. The van der Waals surface area contributed by atoms with E-state index in [1.54, 1.807) is 0 Å². The molecule has 1 aromatic carbocycles. The molecule has 1 aromatic rings. The summed E-state index contributed by atoms with van der Waals surface area (Å²) in [5.41, 5.74) is 11.9. The summed E-state index contributed by atoms with van der Waals surface area (Å²) < 4.78 is 0. The Morgan fingerprint density at radius 3 is 1.68 bits per heavy atom. The Bertz CT molecular complexity index is 607. The molecule has 6 nitrogen and oxygen atoms in total. The number of benzene rings is 1. The average Bonchev–Trinajstić information content (AvgIpc) is 2.35. The summed E-state index contributed by atoms with van der Waals surface area (Å²) in [4.78, 5) is 46.4. The Hall–Kier alpha value is -2.21. The fraction of sp³-hybridized carbons (Fsp3) is 0.333. The van der Waals surface area contributed by atoms with Crippen molar-refractivity contribution in [2.24, 2.45) is 0 Å². The fourth-order valence-electron chi connectivity index (χ4n) is 2.15. The molecule has 0 aliphatic carbocycles. The first kappa shape index (κ1) is 17.8. The maximum atomic E-state index is 12.1. The number of nitrogen functional groups attached to an aromatic ring is 2. The van der Waals surface area contributed by atoms with Crippen LogP contribution in [0.5, 0.6) is 0 Å². The van der Waals surface area contributed by atoms with Crippen molar-refractivity contribution in [3.63, 3.8) is 0 Å². The number of carbonyl (C=O) groups is 4. The summed E-state index contributed by atoms with van der Waals surface area (Å²) in [5.74, 6) is -1.74. The van der Waals surface area contributed by atoms with E-state index in [2.05, 4.69) is 0 Å². The monoisotopic (exact) mass is 324 g/mol. The predicted octanol–water partition coefficient (Wildman–Crippen LogP) is 2.14. The third-order valence-electron chi connectivity index (χ3n) is 3.15. The lowest BCUT2D eigenvalue weighted by Gasteiger charge is -2.16. The normalized spacial score (nSPS) is 10.4. The van der Waals surface area contributed by atoms with Crippen molar-refractivity contribution < 1.29 is 19.2 Å². The highest BCUT2D eigenvalue weighted by molar-refractivity contribution is 6.39. The molecule has 0 heterocycles. The van der Waals surface area contributed by atoms with Crippen LogP contribution in [0, 0.1) is 6.92 Å². The summed E-state index contributed by atoms with van der Waals surface area (Å²) in [7, 11) is 0. The minimum Gasteiger partial charge on any atom is -0.398 e. The van der Waals surface area contributed by atoms with Gasteiger partial charge in [0.15, 0.2) is 11.6 Å². The molecule has 0 saturated heterocycles. The molecule has 4 N–H and O–H groups in total. The van der Waals surface area contributed by atoms with Crippen molar-refractivity contribution in [3.8, 4) is 0 Å². The smallest absolute Gasteiger partial charge is 0.173 e. The van der Waals surface area contributed by atoms with Crippen LogP contribution in [0.4, 0.5) is 11.4 Å². The van der Waals surface area contributed by atoms with Gasteiger partial charge in [0.2, 0.25) is 0 Å². The molecule has 0 radical (unpaired) electrons. The maximum Gasteiger partial charge on any atom is 0.173 e. The van der Waals surface area contributed by atoms with E-state index in [9.17, 15) is 19.2 Å². The van der Waals surface area contributed by atoms with Gasteiger partial charge in [-0.3, -0.25) is 19.2 Å². The molecule has 0 aliphatic rings. The Kier molecular flexibility index (Phi) is 5.43. The third-order valence-corrected chi connectivity index (χ3v) is 3.54. The minimum atomic E-state index is -0.560. The zero-order chi connectivity index (χ0) is 17.2. The lowest BCUT2D eigenvalue weighted by Crippen LogP contribution is -2.16. The first-order valence-electron chi connectivity index (χ1n) is 6.50. The van der Waals surface area contributed by atoms with Gasteiger partial charge >= 0.3 is 0 Å². The Balaban J connectivity index is 3.51. The van der Waals surface area contributed by atoms with Gasteiger partial charge < -0.3 is 11.5 Å². The molecule has 0 aromatic heterocycles. The molecule has 0 atom stereocenters. The number of Topliss-reactive ketones (excluding diaryl/α,β-unsaturated/α-hetero) is 4. The van der Waals surface area contributed by atoms with Gasteiger partial charge in [-0.1, -0.05) is 11.6 Å². The van der Waals surface area contributed by atoms with Gasteiger partial charge in [-0.05, 0) is 26.3 Å². The van der Waals surface area contributed by atoms with Gasteiger partial charge in [0.1, 0.15) is 11.6 Å². The van der Waals surface area contributed by atoms with Gasteiger partial charge in [-0.15, -0.1) is 0 Å². The summed E-state index contributed by atoms with van der Waals surface area (Å²) >= 11 is 6.06. The van der Waals surface area contributed by atoms with Crippen molar-refractivity contribution in [3.05, 3.63) is 21.7 Å². The highest BCUT2D eigenvalue weighted by atomic mass is 35.5. The largest absolute Gasteiger partial charge is 0.398 e. The zero-order valence-corrected chi connectivity index (χ0v) is 13.3. The minimum absolute atomic E-state index is 0.00245. The van der Waals surface area contributed by atoms with Crippen molar-refractivity contribution >= 4 is 46.1 Å². The Morgan fingerprint density at radius 1 is 0.864 bits per heavy atom. The number of hydrogen-bond donors (Lipinski definition) is 2. The van der Waals surface area contributed by atoms with Gasteiger partial charge in [0, 0.05) is 11.3 Å². The summed E-state index contributed by atoms with van der Waals surface area (Å²) in [5, 5.41) is -0.166. The molecular weight excluding hydrogens is 308 g/mol. The second-order valence-electron chi connectivity index (χ2n) is 5.12. The Labute approximate surface area is 132 Å². The van der Waals surface area contributed by atoms with Crippen LogP contribution in [0.1, 0.15) is 53.0 Å². The molecule has 0 unspecified atom stereocenters. The predicted molar refractivity (Wildman–Crippen MR) is 84.3 cm³/mol. The van der Waals surface area contributed by atoms with E-state index in [1.807, 2.05) is 0 Å². The maximum absolute atomic E-state index is 12.1. The van der Waals surface area contributed by atoms with Crippen molar-refractivity contribution in [2.75, 3.05) is 11.5 Å². The van der Waals surface area contributed by atoms with Crippen molar-refractivity contribution in [1.29, 1.82) is 0 Å². The molecule has 0 spiro atoms.